The maximum absolute atomic E-state index is 13.9. The summed E-state index contributed by atoms with van der Waals surface area (Å²) < 4.78 is 27.7. The van der Waals surface area contributed by atoms with Gasteiger partial charge in [0.2, 0.25) is 0 Å². The van der Waals surface area contributed by atoms with Crippen LogP contribution >= 0.6 is 11.9 Å². The van der Waals surface area contributed by atoms with Crippen molar-refractivity contribution in [1.82, 2.24) is 4.31 Å². The SMILES string of the molecule is Cc1c(CC(=O)O)cc2ccc(F)cc2c1Oc1ccc(SN2CCOCC2)cc1. The molecule has 0 spiro atoms. The second-order valence-corrected chi connectivity index (χ2v) is 8.30. The summed E-state index contributed by atoms with van der Waals surface area (Å²) in [5.74, 6) is -0.190. The summed E-state index contributed by atoms with van der Waals surface area (Å²) in [5.41, 5.74) is 1.35. The van der Waals surface area contributed by atoms with E-state index in [1.165, 1.54) is 12.1 Å². The number of rotatable bonds is 6. The summed E-state index contributed by atoms with van der Waals surface area (Å²) in [6, 6.07) is 13.9. The van der Waals surface area contributed by atoms with Crippen LogP contribution in [-0.2, 0) is 16.0 Å². The van der Waals surface area contributed by atoms with Crippen molar-refractivity contribution in [3.63, 3.8) is 0 Å². The lowest BCUT2D eigenvalue weighted by Gasteiger charge is -2.25. The third-order valence-corrected chi connectivity index (χ3v) is 6.11. The minimum Gasteiger partial charge on any atom is -0.481 e. The van der Waals surface area contributed by atoms with Crippen molar-refractivity contribution in [1.29, 1.82) is 0 Å². The number of benzene rings is 3. The first-order chi connectivity index (χ1) is 14.5. The van der Waals surface area contributed by atoms with Gasteiger partial charge in [-0.1, -0.05) is 12.1 Å². The molecule has 1 saturated heterocycles. The molecular formula is C23H22FNO4S. The van der Waals surface area contributed by atoms with Gasteiger partial charge >= 0.3 is 5.97 Å². The summed E-state index contributed by atoms with van der Waals surface area (Å²) in [5, 5.41) is 10.6. The maximum Gasteiger partial charge on any atom is 0.307 e. The topological polar surface area (TPSA) is 59.0 Å². The second-order valence-electron chi connectivity index (χ2n) is 7.13. The zero-order valence-electron chi connectivity index (χ0n) is 16.6. The fourth-order valence-electron chi connectivity index (χ4n) is 3.45. The summed E-state index contributed by atoms with van der Waals surface area (Å²) in [6.07, 6.45) is -0.120. The van der Waals surface area contributed by atoms with E-state index in [9.17, 15) is 14.3 Å². The number of carbonyl (C=O) groups is 1. The third-order valence-electron chi connectivity index (χ3n) is 5.00. The van der Waals surface area contributed by atoms with Gasteiger partial charge in [0.15, 0.2) is 0 Å². The van der Waals surface area contributed by atoms with Gasteiger partial charge in [-0.25, -0.2) is 8.70 Å². The summed E-state index contributed by atoms with van der Waals surface area (Å²) in [4.78, 5) is 12.4. The molecule has 0 saturated carbocycles. The molecule has 1 N–H and O–H groups in total. The van der Waals surface area contributed by atoms with Crippen LogP contribution in [0.1, 0.15) is 11.1 Å². The Bertz CT molecular complexity index is 1060. The van der Waals surface area contributed by atoms with Crippen LogP contribution in [0.5, 0.6) is 11.5 Å². The zero-order chi connectivity index (χ0) is 21.1. The summed E-state index contributed by atoms with van der Waals surface area (Å²) in [7, 11) is 0. The standard InChI is InChI=1S/C23H22FNO4S/c1-15-17(13-22(26)27)12-16-2-3-18(24)14-21(16)23(15)29-19-4-6-20(7-5-19)30-25-8-10-28-11-9-25/h2-7,12,14H,8-11,13H2,1H3,(H,26,27). The van der Waals surface area contributed by atoms with Crippen molar-refractivity contribution >= 4 is 28.7 Å². The van der Waals surface area contributed by atoms with E-state index in [2.05, 4.69) is 4.31 Å². The van der Waals surface area contributed by atoms with Gasteiger partial charge in [0.05, 0.1) is 19.6 Å². The largest absolute Gasteiger partial charge is 0.481 e. The van der Waals surface area contributed by atoms with Crippen LogP contribution in [-0.4, -0.2) is 41.7 Å². The van der Waals surface area contributed by atoms with Crippen molar-refractivity contribution in [2.75, 3.05) is 26.3 Å². The average molecular weight is 427 g/mol. The lowest BCUT2D eigenvalue weighted by atomic mass is 9.98. The number of carboxylic acids is 1. The molecule has 1 fully saturated rings. The van der Waals surface area contributed by atoms with Crippen molar-refractivity contribution in [3.05, 3.63) is 65.5 Å². The fourth-order valence-corrected chi connectivity index (χ4v) is 4.33. The average Bonchev–Trinajstić information content (AvgIpc) is 2.73. The molecule has 3 aromatic rings. The maximum atomic E-state index is 13.9. The van der Waals surface area contributed by atoms with E-state index in [4.69, 9.17) is 9.47 Å². The molecule has 5 nitrogen and oxygen atoms in total. The quantitative estimate of drug-likeness (QED) is 0.556. The Morgan fingerprint density at radius 2 is 1.90 bits per heavy atom. The lowest BCUT2D eigenvalue weighted by Crippen LogP contribution is -2.30. The van der Waals surface area contributed by atoms with Crippen LogP contribution in [0, 0.1) is 12.7 Å². The highest BCUT2D eigenvalue weighted by Crippen LogP contribution is 2.37. The molecule has 1 heterocycles. The molecule has 0 amide bonds. The molecular weight excluding hydrogens is 405 g/mol. The van der Waals surface area contributed by atoms with Gasteiger partial charge in [0.25, 0.3) is 0 Å². The first kappa shape index (κ1) is 20.7. The van der Waals surface area contributed by atoms with Crippen LogP contribution in [0.25, 0.3) is 10.8 Å². The van der Waals surface area contributed by atoms with E-state index >= 15 is 0 Å². The molecule has 3 aromatic carbocycles. The van der Waals surface area contributed by atoms with Crippen molar-refractivity contribution in [2.45, 2.75) is 18.2 Å². The predicted octanol–water partition coefficient (Wildman–Crippen LogP) is 5.05. The van der Waals surface area contributed by atoms with Crippen LogP contribution in [0.15, 0.2) is 53.4 Å². The Labute approximate surface area is 178 Å². The highest BCUT2D eigenvalue weighted by atomic mass is 32.2. The van der Waals surface area contributed by atoms with Crippen LogP contribution < -0.4 is 4.74 Å². The normalized spacial score (nSPS) is 14.7. The predicted molar refractivity (Wildman–Crippen MR) is 115 cm³/mol. The van der Waals surface area contributed by atoms with Crippen LogP contribution in [0.3, 0.4) is 0 Å². The Kier molecular flexibility index (Phi) is 6.22. The monoisotopic (exact) mass is 427 g/mol. The number of morpholine rings is 1. The molecule has 1 aliphatic heterocycles. The Balaban J connectivity index is 1.62. The van der Waals surface area contributed by atoms with E-state index in [0.29, 0.717) is 28.0 Å². The highest BCUT2D eigenvalue weighted by molar-refractivity contribution is 7.97. The molecule has 0 aromatic heterocycles. The molecule has 0 atom stereocenters. The third kappa shape index (κ3) is 4.75. The minimum absolute atomic E-state index is 0.120. The molecule has 1 aliphatic rings. The number of hydrogen-bond acceptors (Lipinski definition) is 5. The summed E-state index contributed by atoms with van der Waals surface area (Å²) in [6.45, 7) is 5.06. The minimum atomic E-state index is -0.921. The Morgan fingerprint density at radius 3 is 2.60 bits per heavy atom. The van der Waals surface area contributed by atoms with Crippen molar-refractivity contribution in [2.24, 2.45) is 0 Å². The molecule has 0 aliphatic carbocycles. The van der Waals surface area contributed by atoms with E-state index in [0.717, 1.165) is 36.6 Å². The van der Waals surface area contributed by atoms with E-state index in [1.807, 2.05) is 24.3 Å². The molecule has 7 heteroatoms. The Morgan fingerprint density at radius 1 is 1.17 bits per heavy atom. The Hall–Kier alpha value is -2.61. The molecule has 0 radical (unpaired) electrons. The van der Waals surface area contributed by atoms with Gasteiger partial charge in [-0.3, -0.25) is 4.79 Å². The van der Waals surface area contributed by atoms with Gasteiger partial charge in [0.1, 0.15) is 17.3 Å². The van der Waals surface area contributed by atoms with E-state index < -0.39 is 5.97 Å². The number of halogens is 1. The van der Waals surface area contributed by atoms with Crippen LogP contribution in [0.2, 0.25) is 0 Å². The second kappa shape index (κ2) is 9.04. The van der Waals surface area contributed by atoms with Crippen LogP contribution in [0.4, 0.5) is 4.39 Å². The van der Waals surface area contributed by atoms with E-state index in [1.54, 1.807) is 31.0 Å². The lowest BCUT2D eigenvalue weighted by molar-refractivity contribution is -0.136. The van der Waals surface area contributed by atoms with Gasteiger partial charge in [-0.15, -0.1) is 0 Å². The molecule has 4 rings (SSSR count). The van der Waals surface area contributed by atoms with E-state index in [-0.39, 0.29) is 12.2 Å². The summed E-state index contributed by atoms with van der Waals surface area (Å²) >= 11 is 1.68. The molecule has 156 valence electrons. The van der Waals surface area contributed by atoms with Crippen molar-refractivity contribution < 1.29 is 23.8 Å². The molecule has 0 bridgehead atoms. The number of aliphatic carboxylic acids is 1. The number of fused-ring (bicyclic) bond motifs is 1. The van der Waals surface area contributed by atoms with Crippen molar-refractivity contribution in [3.8, 4) is 11.5 Å². The van der Waals surface area contributed by atoms with Gasteiger partial charge < -0.3 is 14.6 Å². The van der Waals surface area contributed by atoms with Gasteiger partial charge in [0, 0.05) is 23.4 Å². The molecule has 30 heavy (non-hydrogen) atoms. The fraction of sp³-hybridized carbons (Fsp3) is 0.261. The van der Waals surface area contributed by atoms with Gasteiger partial charge in [-0.2, -0.15) is 0 Å². The first-order valence-electron chi connectivity index (χ1n) is 9.72. The number of nitrogens with zero attached hydrogens (tertiary/aromatic N) is 1. The number of ether oxygens (including phenoxy) is 2. The smallest absolute Gasteiger partial charge is 0.307 e. The number of hydrogen-bond donors (Lipinski definition) is 1. The first-order valence-corrected chi connectivity index (χ1v) is 10.5. The highest BCUT2D eigenvalue weighted by Gasteiger charge is 2.16. The van der Waals surface area contributed by atoms with Gasteiger partial charge in [-0.05, 0) is 71.8 Å². The zero-order valence-corrected chi connectivity index (χ0v) is 17.4. The molecule has 0 unspecified atom stereocenters. The number of carboxylic acid groups (broad SMARTS) is 1.